The summed E-state index contributed by atoms with van der Waals surface area (Å²) < 4.78 is 29.9. The van der Waals surface area contributed by atoms with Gasteiger partial charge in [-0.15, -0.1) is 0 Å². The maximum atomic E-state index is 12.4. The molecule has 0 atom stereocenters. The first-order chi connectivity index (χ1) is 7.49. The van der Waals surface area contributed by atoms with Crippen molar-refractivity contribution in [2.75, 3.05) is 13.2 Å². The maximum absolute atomic E-state index is 12.4. The third-order valence-corrected chi connectivity index (χ3v) is 3.52. The van der Waals surface area contributed by atoms with Crippen LogP contribution in [0.3, 0.4) is 0 Å². The number of alkyl halides is 2. The first kappa shape index (κ1) is 13.9. The second-order valence-electron chi connectivity index (χ2n) is 5.33. The molecule has 0 amide bonds. The Morgan fingerprint density at radius 2 is 1.31 bits per heavy atom. The van der Waals surface area contributed by atoms with Gasteiger partial charge in [-0.1, -0.05) is 13.8 Å². The lowest BCUT2D eigenvalue weighted by atomic mass is 9.88. The van der Waals surface area contributed by atoms with Crippen molar-refractivity contribution in [1.82, 2.24) is 0 Å². The van der Waals surface area contributed by atoms with Gasteiger partial charge in [0.05, 0.1) is 0 Å². The summed E-state index contributed by atoms with van der Waals surface area (Å²) >= 11 is 0. The normalized spacial score (nSPS) is 27.0. The molecule has 0 radical (unpaired) electrons. The Bertz CT molecular complexity index is 178. The minimum absolute atomic E-state index is 0.105. The van der Waals surface area contributed by atoms with Crippen molar-refractivity contribution in [3.05, 3.63) is 0 Å². The average Bonchev–Trinajstić information content (AvgIpc) is 2.25. The third-order valence-electron chi connectivity index (χ3n) is 3.52. The largest absolute Gasteiger partial charge is 0.381 e. The van der Waals surface area contributed by atoms with Gasteiger partial charge in [-0.05, 0) is 37.5 Å². The molecule has 2 rings (SSSR count). The highest BCUT2D eigenvalue weighted by atomic mass is 19.3. The first-order valence-electron chi connectivity index (χ1n) is 6.45. The van der Waals surface area contributed by atoms with E-state index in [4.69, 9.17) is 4.74 Å². The van der Waals surface area contributed by atoms with Crippen LogP contribution >= 0.6 is 0 Å². The van der Waals surface area contributed by atoms with E-state index in [9.17, 15) is 8.78 Å². The van der Waals surface area contributed by atoms with Crippen LogP contribution in [-0.4, -0.2) is 19.1 Å². The van der Waals surface area contributed by atoms with Crippen LogP contribution in [0.25, 0.3) is 0 Å². The second kappa shape index (κ2) is 6.53. The average molecular weight is 234 g/mol. The minimum Gasteiger partial charge on any atom is -0.381 e. The lowest BCUT2D eigenvalue weighted by Gasteiger charge is -2.25. The number of ether oxygens (including phenoxy) is 1. The molecule has 0 bridgehead atoms. The predicted octanol–water partition coefficient (Wildman–Crippen LogP) is 4.26. The second-order valence-corrected chi connectivity index (χ2v) is 5.33. The highest BCUT2D eigenvalue weighted by molar-refractivity contribution is 4.74. The summed E-state index contributed by atoms with van der Waals surface area (Å²) in [5.74, 6) is -0.912. The zero-order valence-electron chi connectivity index (χ0n) is 10.5. The summed E-state index contributed by atoms with van der Waals surface area (Å²) in [6.07, 6.45) is 4.14. The molecule has 2 fully saturated rings. The van der Waals surface area contributed by atoms with E-state index in [1.165, 1.54) is 12.8 Å². The van der Waals surface area contributed by atoms with Crippen LogP contribution < -0.4 is 0 Å². The van der Waals surface area contributed by atoms with E-state index in [2.05, 4.69) is 6.92 Å². The molecule has 0 unspecified atom stereocenters. The van der Waals surface area contributed by atoms with Crippen LogP contribution in [0.1, 0.15) is 52.4 Å². The topological polar surface area (TPSA) is 9.23 Å². The number of hydrogen-bond acceptors (Lipinski definition) is 1. The Labute approximate surface area is 97.6 Å². The van der Waals surface area contributed by atoms with Crippen molar-refractivity contribution in [3.8, 4) is 0 Å². The van der Waals surface area contributed by atoms with Gasteiger partial charge < -0.3 is 4.74 Å². The van der Waals surface area contributed by atoms with E-state index in [0.29, 0.717) is 18.8 Å². The monoisotopic (exact) mass is 234 g/mol. The molecule has 0 aromatic heterocycles. The third kappa shape index (κ3) is 5.78. The lowest BCUT2D eigenvalue weighted by Crippen LogP contribution is -2.23. The summed E-state index contributed by atoms with van der Waals surface area (Å²) in [6, 6.07) is 0. The van der Waals surface area contributed by atoms with Gasteiger partial charge >= 0.3 is 0 Å². The molecule has 1 saturated heterocycles. The molecule has 1 heterocycles. The van der Waals surface area contributed by atoms with Crippen molar-refractivity contribution < 1.29 is 13.5 Å². The van der Waals surface area contributed by atoms with Crippen LogP contribution in [0.2, 0.25) is 0 Å². The fourth-order valence-corrected chi connectivity index (χ4v) is 2.00. The highest BCUT2D eigenvalue weighted by Crippen LogP contribution is 2.35. The SMILES string of the molecule is CC1CCC(F)(F)CC1.CC1CCOCC1. The molecule has 1 aliphatic heterocycles. The van der Waals surface area contributed by atoms with Crippen molar-refractivity contribution in [2.24, 2.45) is 11.8 Å². The number of halogens is 2. The molecule has 3 heteroatoms. The van der Waals surface area contributed by atoms with Crippen molar-refractivity contribution >= 4 is 0 Å². The fourth-order valence-electron chi connectivity index (χ4n) is 2.00. The van der Waals surface area contributed by atoms with E-state index >= 15 is 0 Å². The zero-order chi connectivity index (χ0) is 12.0. The molecule has 1 saturated carbocycles. The molecule has 0 aromatic carbocycles. The molecule has 1 nitrogen and oxygen atoms in total. The lowest BCUT2D eigenvalue weighted by molar-refractivity contribution is -0.0438. The van der Waals surface area contributed by atoms with Gasteiger partial charge in [-0.2, -0.15) is 0 Å². The van der Waals surface area contributed by atoms with Crippen LogP contribution in [0.15, 0.2) is 0 Å². The van der Waals surface area contributed by atoms with Gasteiger partial charge in [-0.25, -0.2) is 8.78 Å². The van der Waals surface area contributed by atoms with Crippen LogP contribution in [0.4, 0.5) is 8.78 Å². The van der Waals surface area contributed by atoms with Gasteiger partial charge in [0.1, 0.15) is 0 Å². The Hall–Kier alpha value is -0.180. The summed E-state index contributed by atoms with van der Waals surface area (Å²) in [7, 11) is 0. The van der Waals surface area contributed by atoms with E-state index < -0.39 is 5.92 Å². The molecule has 2 aliphatic rings. The molecule has 96 valence electrons. The summed E-state index contributed by atoms with van der Waals surface area (Å²) in [4.78, 5) is 0. The molecule has 0 spiro atoms. The minimum atomic E-state index is -2.34. The van der Waals surface area contributed by atoms with Gasteiger partial charge in [0, 0.05) is 26.1 Å². The van der Waals surface area contributed by atoms with Gasteiger partial charge in [0.25, 0.3) is 0 Å². The molecule has 16 heavy (non-hydrogen) atoms. The van der Waals surface area contributed by atoms with Gasteiger partial charge in [0.2, 0.25) is 5.92 Å². The van der Waals surface area contributed by atoms with Crippen LogP contribution in [-0.2, 0) is 4.74 Å². The molecule has 0 aromatic rings. The smallest absolute Gasteiger partial charge is 0.248 e. The summed E-state index contributed by atoms with van der Waals surface area (Å²) in [6.45, 7) is 6.29. The van der Waals surface area contributed by atoms with E-state index in [0.717, 1.165) is 19.1 Å². The number of rotatable bonds is 0. The molecular weight excluding hydrogens is 210 g/mol. The zero-order valence-corrected chi connectivity index (χ0v) is 10.5. The van der Waals surface area contributed by atoms with Gasteiger partial charge in [0.15, 0.2) is 0 Å². The first-order valence-corrected chi connectivity index (χ1v) is 6.45. The van der Waals surface area contributed by atoms with Crippen molar-refractivity contribution in [3.63, 3.8) is 0 Å². The molecule has 0 N–H and O–H groups in total. The standard InChI is InChI=1S/C7H12F2.C6H12O/c1-6-2-4-7(8,9)5-3-6;1-6-2-4-7-5-3-6/h6H,2-5H2,1H3;6H,2-5H2,1H3. The van der Waals surface area contributed by atoms with Crippen molar-refractivity contribution in [1.29, 1.82) is 0 Å². The van der Waals surface area contributed by atoms with Crippen molar-refractivity contribution in [2.45, 2.75) is 58.3 Å². The Morgan fingerprint density at radius 1 is 0.875 bits per heavy atom. The predicted molar refractivity (Wildman–Crippen MR) is 61.8 cm³/mol. The van der Waals surface area contributed by atoms with E-state index in [1.807, 2.05) is 6.92 Å². The maximum Gasteiger partial charge on any atom is 0.248 e. The quantitative estimate of drug-likeness (QED) is 0.608. The molecular formula is C13H24F2O. The Kier molecular flexibility index (Phi) is 5.67. The summed E-state index contributed by atoms with van der Waals surface area (Å²) in [5, 5.41) is 0. The van der Waals surface area contributed by atoms with Crippen LogP contribution in [0.5, 0.6) is 0 Å². The Balaban J connectivity index is 0.000000165. The van der Waals surface area contributed by atoms with Gasteiger partial charge in [-0.3, -0.25) is 0 Å². The van der Waals surface area contributed by atoms with E-state index in [1.54, 1.807) is 0 Å². The van der Waals surface area contributed by atoms with Crippen LogP contribution in [0, 0.1) is 11.8 Å². The van der Waals surface area contributed by atoms with E-state index in [-0.39, 0.29) is 12.8 Å². The fraction of sp³-hybridized carbons (Fsp3) is 1.00. The number of hydrogen-bond donors (Lipinski definition) is 0. The Morgan fingerprint density at radius 3 is 1.62 bits per heavy atom. The summed E-state index contributed by atoms with van der Waals surface area (Å²) in [5.41, 5.74) is 0. The highest BCUT2D eigenvalue weighted by Gasteiger charge is 2.33. The molecule has 1 aliphatic carbocycles.